The normalized spacial score (nSPS) is 11.1. The summed E-state index contributed by atoms with van der Waals surface area (Å²) in [6.07, 6.45) is 4.68. The molecule has 0 aliphatic rings. The van der Waals surface area contributed by atoms with Gasteiger partial charge >= 0.3 is 0 Å². The van der Waals surface area contributed by atoms with E-state index in [1.807, 2.05) is 30.3 Å². The van der Waals surface area contributed by atoms with Crippen LogP contribution in [0.5, 0.6) is 5.75 Å². The zero-order valence-corrected chi connectivity index (χ0v) is 16.1. The third-order valence-corrected chi connectivity index (χ3v) is 5.52. The molecule has 0 fully saturated rings. The number of nitrogens with zero attached hydrogens (tertiary/aromatic N) is 5. The van der Waals surface area contributed by atoms with Gasteiger partial charge in [-0.3, -0.25) is 9.36 Å². The van der Waals surface area contributed by atoms with Crippen molar-refractivity contribution in [1.29, 1.82) is 0 Å². The topological polar surface area (TPSA) is 94.8 Å². The van der Waals surface area contributed by atoms with E-state index in [1.54, 1.807) is 25.4 Å². The standard InChI is InChI=1S/C20H14N6O2S/c1-28-13-7-5-12(6-8-13)26-11-24-16-15-18(25-14-4-2-3-9-21-14)22-10-23-19(15)29-17(16)20(26)27/h2-11H,1H3,(H,21,22,23,25). The Hall–Kier alpha value is -3.85. The molecule has 0 aliphatic carbocycles. The van der Waals surface area contributed by atoms with Gasteiger partial charge in [-0.05, 0) is 36.4 Å². The minimum Gasteiger partial charge on any atom is -0.497 e. The molecule has 0 unspecified atom stereocenters. The van der Waals surface area contributed by atoms with Crippen LogP contribution < -0.4 is 15.6 Å². The average Bonchev–Trinajstić information content (AvgIpc) is 3.16. The Morgan fingerprint density at radius 3 is 2.66 bits per heavy atom. The molecule has 9 heteroatoms. The molecule has 29 heavy (non-hydrogen) atoms. The predicted octanol–water partition coefficient (Wildman–Crippen LogP) is 3.54. The van der Waals surface area contributed by atoms with Crippen LogP contribution in [0.4, 0.5) is 11.6 Å². The second kappa shape index (κ2) is 6.95. The van der Waals surface area contributed by atoms with Gasteiger partial charge in [0.05, 0.1) is 18.2 Å². The van der Waals surface area contributed by atoms with E-state index in [2.05, 4.69) is 25.3 Å². The number of hydrogen-bond donors (Lipinski definition) is 1. The van der Waals surface area contributed by atoms with Crippen LogP contribution in [-0.2, 0) is 0 Å². The number of thiophene rings is 1. The van der Waals surface area contributed by atoms with Gasteiger partial charge in [-0.25, -0.2) is 19.9 Å². The van der Waals surface area contributed by atoms with Gasteiger partial charge in [0, 0.05) is 6.20 Å². The number of aromatic nitrogens is 5. The summed E-state index contributed by atoms with van der Waals surface area (Å²) in [5, 5.41) is 3.89. The maximum atomic E-state index is 13.1. The number of pyridine rings is 1. The summed E-state index contributed by atoms with van der Waals surface area (Å²) in [5.41, 5.74) is 1.12. The SMILES string of the molecule is COc1ccc(-n2cnc3c(sc4ncnc(Nc5ccccn5)c43)c2=O)cc1. The first-order valence-corrected chi connectivity index (χ1v) is 9.53. The highest BCUT2D eigenvalue weighted by atomic mass is 32.1. The first-order valence-electron chi connectivity index (χ1n) is 8.72. The fourth-order valence-corrected chi connectivity index (χ4v) is 4.07. The number of hydrogen-bond acceptors (Lipinski definition) is 8. The predicted molar refractivity (Wildman–Crippen MR) is 112 cm³/mol. The maximum Gasteiger partial charge on any atom is 0.275 e. The Balaban J connectivity index is 1.67. The van der Waals surface area contributed by atoms with Crippen LogP contribution in [0.3, 0.4) is 0 Å². The fraction of sp³-hybridized carbons (Fsp3) is 0.0500. The van der Waals surface area contributed by atoms with Gasteiger partial charge in [-0.2, -0.15) is 0 Å². The van der Waals surface area contributed by atoms with E-state index in [0.717, 1.165) is 5.75 Å². The molecule has 4 aromatic heterocycles. The van der Waals surface area contributed by atoms with E-state index in [0.29, 0.717) is 37.8 Å². The smallest absolute Gasteiger partial charge is 0.275 e. The molecular formula is C20H14N6O2S. The zero-order chi connectivity index (χ0) is 19.8. The summed E-state index contributed by atoms with van der Waals surface area (Å²) in [7, 11) is 1.60. The van der Waals surface area contributed by atoms with E-state index >= 15 is 0 Å². The van der Waals surface area contributed by atoms with Crippen molar-refractivity contribution in [2.75, 3.05) is 12.4 Å². The Morgan fingerprint density at radius 1 is 1.03 bits per heavy atom. The molecule has 8 nitrogen and oxygen atoms in total. The van der Waals surface area contributed by atoms with Crippen LogP contribution in [0, 0.1) is 0 Å². The number of anilines is 2. The van der Waals surface area contributed by atoms with Crippen LogP contribution in [-0.4, -0.2) is 31.6 Å². The third kappa shape index (κ3) is 2.97. The number of fused-ring (bicyclic) bond motifs is 3. The van der Waals surface area contributed by atoms with Crippen LogP contribution in [0.25, 0.3) is 26.1 Å². The Kier molecular flexibility index (Phi) is 4.14. The van der Waals surface area contributed by atoms with E-state index < -0.39 is 0 Å². The molecule has 142 valence electrons. The van der Waals surface area contributed by atoms with Crippen molar-refractivity contribution in [1.82, 2.24) is 24.5 Å². The van der Waals surface area contributed by atoms with Crippen molar-refractivity contribution in [3.05, 3.63) is 71.7 Å². The van der Waals surface area contributed by atoms with Crippen molar-refractivity contribution < 1.29 is 4.74 Å². The van der Waals surface area contributed by atoms with Gasteiger partial charge in [-0.1, -0.05) is 6.07 Å². The minimum atomic E-state index is -0.160. The number of rotatable bonds is 4. The van der Waals surface area contributed by atoms with E-state index in [1.165, 1.54) is 28.6 Å². The second-order valence-electron chi connectivity index (χ2n) is 6.14. The van der Waals surface area contributed by atoms with Crippen molar-refractivity contribution in [2.24, 2.45) is 0 Å². The Morgan fingerprint density at radius 2 is 1.90 bits per heavy atom. The van der Waals surface area contributed by atoms with Gasteiger partial charge in [0.25, 0.3) is 5.56 Å². The highest BCUT2D eigenvalue weighted by Gasteiger charge is 2.17. The summed E-state index contributed by atoms with van der Waals surface area (Å²) in [4.78, 5) is 31.3. The van der Waals surface area contributed by atoms with Crippen LogP contribution in [0.2, 0.25) is 0 Å². The molecule has 0 bridgehead atoms. The largest absolute Gasteiger partial charge is 0.497 e. The first kappa shape index (κ1) is 17.3. The van der Waals surface area contributed by atoms with Gasteiger partial charge in [0.2, 0.25) is 0 Å². The summed E-state index contributed by atoms with van der Waals surface area (Å²) in [6.45, 7) is 0. The summed E-state index contributed by atoms with van der Waals surface area (Å²) < 4.78 is 7.21. The van der Waals surface area contributed by atoms with Crippen molar-refractivity contribution >= 4 is 43.4 Å². The van der Waals surface area contributed by atoms with Crippen molar-refractivity contribution in [3.8, 4) is 11.4 Å². The van der Waals surface area contributed by atoms with Crippen LogP contribution in [0.15, 0.2) is 66.1 Å². The molecule has 0 saturated heterocycles. The van der Waals surface area contributed by atoms with E-state index in [9.17, 15) is 4.79 Å². The van der Waals surface area contributed by atoms with Crippen molar-refractivity contribution in [2.45, 2.75) is 0 Å². The number of benzene rings is 1. The number of ether oxygens (including phenoxy) is 1. The molecule has 5 rings (SSSR count). The Bertz CT molecular complexity index is 1380. The summed E-state index contributed by atoms with van der Waals surface area (Å²) >= 11 is 1.30. The van der Waals surface area contributed by atoms with Gasteiger partial charge in [0.15, 0.2) is 0 Å². The second-order valence-corrected chi connectivity index (χ2v) is 7.14. The highest BCUT2D eigenvalue weighted by Crippen LogP contribution is 2.33. The average molecular weight is 402 g/mol. The lowest BCUT2D eigenvalue weighted by Gasteiger charge is -2.07. The maximum absolute atomic E-state index is 13.1. The monoisotopic (exact) mass is 402 g/mol. The Labute approximate surface area is 168 Å². The lowest BCUT2D eigenvalue weighted by molar-refractivity contribution is 0.414. The number of methoxy groups -OCH3 is 1. The molecule has 0 spiro atoms. The molecule has 5 aromatic rings. The van der Waals surface area contributed by atoms with Gasteiger partial charge < -0.3 is 10.1 Å². The lowest BCUT2D eigenvalue weighted by Crippen LogP contribution is -2.17. The van der Waals surface area contributed by atoms with Gasteiger partial charge in [0.1, 0.15) is 45.1 Å². The quantitative estimate of drug-likeness (QED) is 0.491. The molecule has 1 aromatic carbocycles. The highest BCUT2D eigenvalue weighted by molar-refractivity contribution is 7.25. The van der Waals surface area contributed by atoms with E-state index in [4.69, 9.17) is 4.74 Å². The summed E-state index contributed by atoms with van der Waals surface area (Å²) in [5.74, 6) is 1.94. The number of nitrogens with one attached hydrogen (secondary N) is 1. The van der Waals surface area contributed by atoms with Gasteiger partial charge in [-0.15, -0.1) is 11.3 Å². The van der Waals surface area contributed by atoms with Crippen LogP contribution in [0.1, 0.15) is 0 Å². The minimum absolute atomic E-state index is 0.160. The zero-order valence-electron chi connectivity index (χ0n) is 15.2. The molecule has 1 N–H and O–H groups in total. The van der Waals surface area contributed by atoms with E-state index in [-0.39, 0.29) is 5.56 Å². The molecule has 4 heterocycles. The molecule has 0 radical (unpaired) electrons. The molecule has 0 aliphatic heterocycles. The van der Waals surface area contributed by atoms with Crippen molar-refractivity contribution in [3.63, 3.8) is 0 Å². The lowest BCUT2D eigenvalue weighted by atomic mass is 10.3. The molecule has 0 atom stereocenters. The molecular weight excluding hydrogens is 388 g/mol. The first-order chi connectivity index (χ1) is 14.2. The fourth-order valence-electron chi connectivity index (χ4n) is 3.04. The third-order valence-electron chi connectivity index (χ3n) is 4.44. The molecule has 0 saturated carbocycles. The summed E-state index contributed by atoms with van der Waals surface area (Å²) in [6, 6.07) is 12.8. The van der Waals surface area contributed by atoms with Crippen LogP contribution >= 0.6 is 11.3 Å². The molecule has 0 amide bonds.